The molecule has 3 heterocycles. The lowest BCUT2D eigenvalue weighted by Gasteiger charge is -2.26. The monoisotopic (exact) mass is 542 g/mol. The Kier molecular flexibility index (Phi) is 8.11. The van der Waals surface area contributed by atoms with Gasteiger partial charge in [0.1, 0.15) is 11.5 Å². The Labute approximate surface area is 233 Å². The number of ether oxygens (including phenoxy) is 2. The molecule has 1 aliphatic rings. The number of likely N-dealkylation sites (tertiary alicyclic amines) is 1. The van der Waals surface area contributed by atoms with Gasteiger partial charge in [-0.3, -0.25) is 4.79 Å². The topological polar surface area (TPSA) is 124 Å². The molecular formula is C29H34N8O3. The van der Waals surface area contributed by atoms with Gasteiger partial charge in [0.2, 0.25) is 11.9 Å². The highest BCUT2D eigenvalue weighted by Crippen LogP contribution is 2.35. The summed E-state index contributed by atoms with van der Waals surface area (Å²) in [6.45, 7) is 4.07. The fourth-order valence-electron chi connectivity index (χ4n) is 4.94. The maximum absolute atomic E-state index is 11.6. The Bertz CT molecular complexity index is 1530. The van der Waals surface area contributed by atoms with Crippen LogP contribution in [0.5, 0.6) is 11.5 Å². The number of primary amides is 1. The molecule has 1 fully saturated rings. The molecule has 5 rings (SSSR count). The van der Waals surface area contributed by atoms with Crippen LogP contribution < -0.4 is 25.4 Å². The Morgan fingerprint density at radius 1 is 1.15 bits per heavy atom. The van der Waals surface area contributed by atoms with Crippen LogP contribution in [-0.4, -0.2) is 78.0 Å². The van der Waals surface area contributed by atoms with E-state index in [-0.39, 0.29) is 0 Å². The minimum absolute atomic E-state index is 0.363. The van der Waals surface area contributed by atoms with E-state index in [0.29, 0.717) is 23.2 Å². The Morgan fingerprint density at radius 3 is 2.70 bits per heavy atom. The number of anilines is 3. The molecule has 208 valence electrons. The maximum atomic E-state index is 11.6. The number of likely N-dealkylation sites (N-methyl/N-ethyl adjacent to an activating group) is 1. The Balaban J connectivity index is 1.45. The zero-order valence-electron chi connectivity index (χ0n) is 23.0. The van der Waals surface area contributed by atoms with E-state index in [0.717, 1.165) is 54.1 Å². The fraction of sp³-hybridized carbons (Fsp3) is 0.310. The van der Waals surface area contributed by atoms with Gasteiger partial charge in [0.25, 0.3) is 0 Å². The number of rotatable bonds is 11. The summed E-state index contributed by atoms with van der Waals surface area (Å²) >= 11 is 0. The zero-order chi connectivity index (χ0) is 28.1. The Hall–Kier alpha value is -4.64. The van der Waals surface area contributed by atoms with Gasteiger partial charge in [-0.15, -0.1) is 0 Å². The molecule has 4 aromatic rings. The van der Waals surface area contributed by atoms with Crippen molar-refractivity contribution in [3.8, 4) is 17.3 Å². The minimum atomic E-state index is -0.518. The number of methoxy groups -OCH3 is 2. The number of benzene rings is 2. The van der Waals surface area contributed by atoms with Crippen LogP contribution >= 0.6 is 0 Å². The van der Waals surface area contributed by atoms with Crippen LogP contribution in [0.25, 0.3) is 22.8 Å². The van der Waals surface area contributed by atoms with E-state index in [1.807, 2.05) is 37.4 Å². The third-order valence-corrected chi connectivity index (χ3v) is 7.04. The summed E-state index contributed by atoms with van der Waals surface area (Å²) in [5.41, 5.74) is 8.67. The lowest BCUT2D eigenvalue weighted by Crippen LogP contribution is -2.31. The average Bonchev–Trinajstić information content (AvgIpc) is 3.65. The third kappa shape index (κ3) is 5.84. The molecule has 2 aromatic carbocycles. The predicted molar refractivity (Wildman–Crippen MR) is 157 cm³/mol. The molecule has 0 aliphatic carbocycles. The van der Waals surface area contributed by atoms with Crippen molar-refractivity contribution in [2.24, 2.45) is 5.73 Å². The highest BCUT2D eigenvalue weighted by molar-refractivity contribution is 5.92. The summed E-state index contributed by atoms with van der Waals surface area (Å²) in [4.78, 5) is 25.3. The molecule has 1 aliphatic heterocycles. The smallest absolute Gasteiger partial charge is 0.241 e. The fourth-order valence-corrected chi connectivity index (χ4v) is 4.94. The lowest BCUT2D eigenvalue weighted by atomic mass is 10.1. The minimum Gasteiger partial charge on any atom is -0.496 e. The summed E-state index contributed by atoms with van der Waals surface area (Å²) in [7, 11) is 5.29. The van der Waals surface area contributed by atoms with Crippen LogP contribution in [0.1, 0.15) is 18.4 Å². The molecule has 1 amide bonds. The highest BCUT2D eigenvalue weighted by Gasteiger charge is 2.17. The van der Waals surface area contributed by atoms with Crippen molar-refractivity contribution in [3.63, 3.8) is 0 Å². The van der Waals surface area contributed by atoms with E-state index in [2.05, 4.69) is 25.2 Å². The Morgan fingerprint density at radius 2 is 1.95 bits per heavy atom. The molecule has 0 atom stereocenters. The van der Waals surface area contributed by atoms with Crippen molar-refractivity contribution in [2.45, 2.75) is 12.8 Å². The van der Waals surface area contributed by atoms with Crippen molar-refractivity contribution in [1.29, 1.82) is 0 Å². The van der Waals surface area contributed by atoms with Crippen LogP contribution in [0.15, 0.2) is 54.9 Å². The molecule has 0 spiro atoms. The second-order valence-corrected chi connectivity index (χ2v) is 9.63. The first-order valence-corrected chi connectivity index (χ1v) is 13.2. The molecule has 11 nitrogen and oxygen atoms in total. The summed E-state index contributed by atoms with van der Waals surface area (Å²) in [5.74, 6) is 1.79. The first-order chi connectivity index (χ1) is 19.5. The third-order valence-electron chi connectivity index (χ3n) is 7.04. The van der Waals surface area contributed by atoms with Crippen molar-refractivity contribution >= 4 is 40.2 Å². The summed E-state index contributed by atoms with van der Waals surface area (Å²) < 4.78 is 13.0. The van der Waals surface area contributed by atoms with Crippen LogP contribution in [0.3, 0.4) is 0 Å². The first kappa shape index (κ1) is 26.9. The van der Waals surface area contributed by atoms with E-state index in [4.69, 9.17) is 20.2 Å². The second-order valence-electron chi connectivity index (χ2n) is 9.63. The van der Waals surface area contributed by atoms with Crippen LogP contribution in [-0.2, 0) is 4.79 Å². The number of hydrogen-bond donors (Lipinski definition) is 2. The number of hydrogen-bond acceptors (Lipinski definition) is 9. The number of carbonyl (C=O) groups excluding carboxylic acids is 1. The molecular weight excluding hydrogens is 508 g/mol. The van der Waals surface area contributed by atoms with Crippen molar-refractivity contribution in [3.05, 3.63) is 60.4 Å². The number of nitrogens with two attached hydrogens (primary N) is 1. The van der Waals surface area contributed by atoms with Crippen LogP contribution in [0.2, 0.25) is 0 Å². The van der Waals surface area contributed by atoms with Crippen LogP contribution in [0.4, 0.5) is 17.3 Å². The molecule has 40 heavy (non-hydrogen) atoms. The van der Waals surface area contributed by atoms with Gasteiger partial charge in [-0.25, -0.2) is 9.67 Å². The van der Waals surface area contributed by atoms with Gasteiger partial charge in [-0.1, -0.05) is 6.07 Å². The largest absolute Gasteiger partial charge is 0.496 e. The van der Waals surface area contributed by atoms with Gasteiger partial charge in [-0.2, -0.15) is 10.1 Å². The quantitative estimate of drug-likeness (QED) is 0.274. The SMILES string of the molecule is COc1cc(N(C)CCN2CCCC2)c(C=CC(N)=O)cc1Nc1nccc(-n2ncc3c(OC)cccc32)n1. The first-order valence-electron chi connectivity index (χ1n) is 13.2. The van der Waals surface area contributed by atoms with Gasteiger partial charge in [0, 0.05) is 55.8 Å². The average molecular weight is 543 g/mol. The number of nitrogens with zero attached hydrogens (tertiary/aromatic N) is 6. The van der Waals surface area contributed by atoms with E-state index < -0.39 is 5.91 Å². The number of aromatic nitrogens is 4. The molecule has 11 heteroatoms. The van der Waals surface area contributed by atoms with E-state index >= 15 is 0 Å². The number of fused-ring (bicyclic) bond motifs is 1. The molecule has 0 saturated carbocycles. The van der Waals surface area contributed by atoms with E-state index in [1.54, 1.807) is 43.4 Å². The van der Waals surface area contributed by atoms with Crippen molar-refractivity contribution < 1.29 is 14.3 Å². The summed E-state index contributed by atoms with van der Waals surface area (Å²) in [5, 5.41) is 8.68. The van der Waals surface area contributed by atoms with Gasteiger partial charge in [0.05, 0.1) is 37.0 Å². The highest BCUT2D eigenvalue weighted by atomic mass is 16.5. The van der Waals surface area contributed by atoms with Gasteiger partial charge >= 0.3 is 0 Å². The molecule has 0 radical (unpaired) electrons. The lowest BCUT2D eigenvalue weighted by molar-refractivity contribution is -0.113. The predicted octanol–water partition coefficient (Wildman–Crippen LogP) is 3.61. The molecule has 0 unspecified atom stereocenters. The van der Waals surface area contributed by atoms with Gasteiger partial charge in [-0.05, 0) is 50.2 Å². The number of carbonyl (C=O) groups is 1. The molecule has 0 bridgehead atoms. The summed E-state index contributed by atoms with van der Waals surface area (Å²) in [6, 6.07) is 11.4. The maximum Gasteiger partial charge on any atom is 0.241 e. The zero-order valence-corrected chi connectivity index (χ0v) is 23.0. The van der Waals surface area contributed by atoms with Gasteiger partial charge in [0.15, 0.2) is 5.82 Å². The molecule has 2 aromatic heterocycles. The number of amides is 1. The normalized spacial score (nSPS) is 13.7. The van der Waals surface area contributed by atoms with Crippen LogP contribution in [0, 0.1) is 0 Å². The summed E-state index contributed by atoms with van der Waals surface area (Å²) in [6.07, 6.45) is 8.99. The standard InChI is InChI=1S/C29H34N8O3/c1-35(15-16-36-13-4-5-14-36)24-18-26(40-3)22(17-20(24)9-10-27(30)38)33-29-31-12-11-28(34-29)37-23-7-6-8-25(39-2)21(23)19-32-37/h6-12,17-19H,4-5,13-16H2,1-3H3,(H2,30,38)(H,31,33,34). The van der Waals surface area contributed by atoms with Gasteiger partial charge < -0.3 is 30.3 Å². The van der Waals surface area contributed by atoms with E-state index in [1.165, 1.54) is 18.9 Å². The molecule has 1 saturated heterocycles. The van der Waals surface area contributed by atoms with E-state index in [9.17, 15) is 4.79 Å². The van der Waals surface area contributed by atoms with Crippen molar-refractivity contribution in [2.75, 3.05) is 57.7 Å². The second kappa shape index (κ2) is 12.0. The van der Waals surface area contributed by atoms with Crippen molar-refractivity contribution in [1.82, 2.24) is 24.6 Å². The molecule has 3 N–H and O–H groups in total. The number of nitrogens with one attached hydrogen (secondary N) is 1.